The second-order valence-corrected chi connectivity index (χ2v) is 5.65. The smallest absolute Gasteiger partial charge is 0.261 e. The van der Waals surface area contributed by atoms with Gasteiger partial charge in [0.25, 0.3) is 11.8 Å². The van der Waals surface area contributed by atoms with Crippen LogP contribution in [0.15, 0.2) is 30.6 Å². The van der Waals surface area contributed by atoms with E-state index in [9.17, 15) is 9.59 Å². The Bertz CT molecular complexity index is 693. The molecule has 0 spiro atoms. The largest absolute Gasteiger partial charge is 0.275 e. The molecule has 19 heavy (non-hydrogen) atoms. The third kappa shape index (κ3) is 2.05. The molecular formula is C13H10IN3O2. The number of hydrogen-bond donors (Lipinski definition) is 0. The summed E-state index contributed by atoms with van der Waals surface area (Å²) in [6.07, 6.45) is 3.46. The van der Waals surface area contributed by atoms with Crippen molar-refractivity contribution in [3.8, 4) is 0 Å². The highest BCUT2D eigenvalue weighted by Crippen LogP contribution is 2.25. The maximum atomic E-state index is 12.2. The third-order valence-corrected chi connectivity index (χ3v) is 3.70. The van der Waals surface area contributed by atoms with Crippen molar-refractivity contribution in [2.24, 2.45) is 7.05 Å². The van der Waals surface area contributed by atoms with E-state index in [1.54, 1.807) is 36.3 Å². The molecule has 0 saturated heterocycles. The van der Waals surface area contributed by atoms with Crippen LogP contribution >= 0.6 is 22.6 Å². The highest BCUT2D eigenvalue weighted by Gasteiger charge is 2.35. The summed E-state index contributed by atoms with van der Waals surface area (Å²) in [4.78, 5) is 25.7. The van der Waals surface area contributed by atoms with Gasteiger partial charge in [-0.25, -0.2) is 0 Å². The SMILES string of the molecule is Cn1cc(CN2C(=O)c3ccc(I)cc3C2=O)cn1. The number of carbonyl (C=O) groups excluding carboxylic acids is 2. The molecule has 6 heteroatoms. The first-order chi connectivity index (χ1) is 9.06. The lowest BCUT2D eigenvalue weighted by molar-refractivity contribution is 0.0642. The van der Waals surface area contributed by atoms with Gasteiger partial charge >= 0.3 is 0 Å². The standard InChI is InChI=1S/C13H10IN3O2/c1-16-6-8(5-15-16)7-17-12(18)10-3-2-9(14)4-11(10)13(17)19/h2-6H,7H2,1H3. The van der Waals surface area contributed by atoms with E-state index >= 15 is 0 Å². The molecule has 1 aliphatic rings. The Kier molecular flexibility index (Phi) is 2.89. The number of benzene rings is 1. The van der Waals surface area contributed by atoms with Gasteiger partial charge in [-0.3, -0.25) is 19.2 Å². The summed E-state index contributed by atoms with van der Waals surface area (Å²) in [5.41, 5.74) is 1.81. The molecule has 96 valence electrons. The van der Waals surface area contributed by atoms with Crippen molar-refractivity contribution in [2.75, 3.05) is 0 Å². The van der Waals surface area contributed by atoms with Crippen molar-refractivity contribution in [1.82, 2.24) is 14.7 Å². The molecule has 1 aromatic heterocycles. The maximum absolute atomic E-state index is 12.2. The number of hydrogen-bond acceptors (Lipinski definition) is 3. The summed E-state index contributed by atoms with van der Waals surface area (Å²) >= 11 is 2.13. The van der Waals surface area contributed by atoms with Crippen LogP contribution in [0.25, 0.3) is 0 Å². The van der Waals surface area contributed by atoms with Crippen LogP contribution in [-0.4, -0.2) is 26.5 Å². The molecule has 2 aromatic rings. The molecular weight excluding hydrogens is 357 g/mol. The predicted octanol–water partition coefficient (Wildman–Crippen LogP) is 1.82. The van der Waals surface area contributed by atoms with Gasteiger partial charge in [0.05, 0.1) is 23.9 Å². The maximum Gasteiger partial charge on any atom is 0.261 e. The molecule has 0 bridgehead atoms. The van der Waals surface area contributed by atoms with Gasteiger partial charge in [0.1, 0.15) is 0 Å². The van der Waals surface area contributed by atoms with Crippen molar-refractivity contribution in [1.29, 1.82) is 0 Å². The Morgan fingerprint density at radius 3 is 2.63 bits per heavy atom. The van der Waals surface area contributed by atoms with Crippen LogP contribution in [0.3, 0.4) is 0 Å². The second kappa shape index (κ2) is 4.44. The lowest BCUT2D eigenvalue weighted by atomic mass is 10.1. The second-order valence-electron chi connectivity index (χ2n) is 4.41. The fraction of sp³-hybridized carbons (Fsp3) is 0.154. The first kappa shape index (κ1) is 12.3. The highest BCUT2D eigenvalue weighted by molar-refractivity contribution is 14.1. The summed E-state index contributed by atoms with van der Waals surface area (Å²) < 4.78 is 2.59. The minimum atomic E-state index is -0.236. The van der Waals surface area contributed by atoms with Gasteiger partial charge in [-0.1, -0.05) is 0 Å². The molecule has 2 amide bonds. The van der Waals surface area contributed by atoms with E-state index < -0.39 is 0 Å². The van der Waals surface area contributed by atoms with Crippen LogP contribution in [0.4, 0.5) is 0 Å². The number of carbonyl (C=O) groups is 2. The number of fused-ring (bicyclic) bond motifs is 1. The normalized spacial score (nSPS) is 14.1. The van der Waals surface area contributed by atoms with Crippen molar-refractivity contribution < 1.29 is 9.59 Å². The van der Waals surface area contributed by atoms with Crippen LogP contribution in [0.5, 0.6) is 0 Å². The van der Waals surface area contributed by atoms with Gasteiger partial charge in [0.2, 0.25) is 0 Å². The minimum absolute atomic E-state index is 0.234. The van der Waals surface area contributed by atoms with Crippen LogP contribution in [0.2, 0.25) is 0 Å². The van der Waals surface area contributed by atoms with Crippen LogP contribution in [-0.2, 0) is 13.6 Å². The lowest BCUT2D eigenvalue weighted by Crippen LogP contribution is -2.28. The van der Waals surface area contributed by atoms with Gasteiger partial charge in [-0.2, -0.15) is 5.10 Å². The summed E-state index contributed by atoms with van der Waals surface area (Å²) in [6, 6.07) is 5.29. The average Bonchev–Trinajstić information content (AvgIpc) is 2.88. The van der Waals surface area contributed by atoms with Crippen molar-refractivity contribution >= 4 is 34.4 Å². The molecule has 0 atom stereocenters. The zero-order valence-electron chi connectivity index (χ0n) is 10.1. The zero-order valence-corrected chi connectivity index (χ0v) is 12.3. The number of halogens is 1. The van der Waals surface area contributed by atoms with Crippen LogP contribution in [0.1, 0.15) is 26.3 Å². The molecule has 0 fully saturated rings. The van der Waals surface area contributed by atoms with E-state index in [-0.39, 0.29) is 18.4 Å². The van der Waals surface area contributed by atoms with Crippen LogP contribution in [0, 0.1) is 3.57 Å². The van der Waals surface area contributed by atoms with Crippen LogP contribution < -0.4 is 0 Å². The zero-order chi connectivity index (χ0) is 13.6. The highest BCUT2D eigenvalue weighted by atomic mass is 127. The Hall–Kier alpha value is -1.70. The number of rotatable bonds is 2. The van der Waals surface area contributed by atoms with E-state index in [1.807, 2.05) is 6.07 Å². The third-order valence-electron chi connectivity index (χ3n) is 3.03. The molecule has 0 radical (unpaired) electrons. The van der Waals surface area contributed by atoms with E-state index in [0.717, 1.165) is 9.13 Å². The van der Waals surface area contributed by atoms with E-state index in [2.05, 4.69) is 27.7 Å². The Morgan fingerprint density at radius 2 is 1.95 bits per heavy atom. The first-order valence-corrected chi connectivity index (χ1v) is 6.77. The molecule has 0 saturated carbocycles. The van der Waals surface area contributed by atoms with Gasteiger partial charge in [-0.05, 0) is 40.8 Å². The van der Waals surface area contributed by atoms with E-state index in [1.165, 1.54) is 4.90 Å². The molecule has 5 nitrogen and oxygen atoms in total. The summed E-state index contributed by atoms with van der Waals surface area (Å²) in [7, 11) is 1.80. The number of amides is 2. The number of aromatic nitrogens is 2. The molecule has 0 aliphatic carbocycles. The van der Waals surface area contributed by atoms with Crippen molar-refractivity contribution in [3.05, 3.63) is 50.9 Å². The van der Waals surface area contributed by atoms with Gasteiger partial charge in [-0.15, -0.1) is 0 Å². The Balaban J connectivity index is 1.94. The summed E-state index contributed by atoms with van der Waals surface area (Å²) in [6.45, 7) is 0.261. The number of nitrogens with zero attached hydrogens (tertiary/aromatic N) is 3. The molecule has 2 heterocycles. The average molecular weight is 367 g/mol. The fourth-order valence-corrected chi connectivity index (χ4v) is 2.63. The summed E-state index contributed by atoms with van der Waals surface area (Å²) in [5, 5.41) is 4.04. The molecule has 3 rings (SSSR count). The fourth-order valence-electron chi connectivity index (χ4n) is 2.14. The number of aryl methyl sites for hydroxylation is 1. The quantitative estimate of drug-likeness (QED) is 0.601. The Morgan fingerprint density at radius 1 is 1.21 bits per heavy atom. The molecule has 1 aromatic carbocycles. The van der Waals surface area contributed by atoms with Gasteiger partial charge in [0.15, 0.2) is 0 Å². The Labute approximate surface area is 123 Å². The predicted molar refractivity (Wildman–Crippen MR) is 76.6 cm³/mol. The van der Waals surface area contributed by atoms with E-state index in [4.69, 9.17) is 0 Å². The number of imide groups is 1. The summed E-state index contributed by atoms with van der Waals surface area (Å²) in [5.74, 6) is -0.470. The molecule has 1 aliphatic heterocycles. The monoisotopic (exact) mass is 367 g/mol. The topological polar surface area (TPSA) is 55.2 Å². The van der Waals surface area contributed by atoms with E-state index in [0.29, 0.717) is 11.1 Å². The first-order valence-electron chi connectivity index (χ1n) is 5.69. The minimum Gasteiger partial charge on any atom is -0.275 e. The van der Waals surface area contributed by atoms with Crippen molar-refractivity contribution in [2.45, 2.75) is 6.54 Å². The lowest BCUT2D eigenvalue weighted by Gasteiger charge is -2.11. The van der Waals surface area contributed by atoms with Gasteiger partial charge < -0.3 is 0 Å². The molecule has 0 N–H and O–H groups in total. The molecule has 0 unspecified atom stereocenters. The van der Waals surface area contributed by atoms with Crippen molar-refractivity contribution in [3.63, 3.8) is 0 Å². The van der Waals surface area contributed by atoms with Gasteiger partial charge in [0, 0.05) is 22.4 Å².